The molecule has 4 N–H and O–H groups in total. The van der Waals surface area contributed by atoms with E-state index in [0.717, 1.165) is 6.07 Å². The van der Waals surface area contributed by atoms with Gasteiger partial charge in [-0.25, -0.2) is 19.6 Å². The molecule has 0 spiro atoms. The summed E-state index contributed by atoms with van der Waals surface area (Å²) in [4.78, 5) is 57.8. The first kappa shape index (κ1) is 34.2. The molecule has 0 bridgehead atoms. The van der Waals surface area contributed by atoms with E-state index >= 15 is 0 Å². The van der Waals surface area contributed by atoms with Gasteiger partial charge >= 0.3 is 11.9 Å². The Kier molecular flexibility index (Phi) is 9.92. The number of benzene rings is 2. The number of aromatic nitrogens is 8. The van der Waals surface area contributed by atoms with Crippen molar-refractivity contribution >= 4 is 58.3 Å². The molecule has 4 heterocycles. The van der Waals surface area contributed by atoms with Crippen LogP contribution in [0.1, 0.15) is 47.3 Å². The van der Waals surface area contributed by atoms with Crippen molar-refractivity contribution in [3.63, 3.8) is 0 Å². The van der Waals surface area contributed by atoms with Gasteiger partial charge in [0.15, 0.2) is 23.0 Å². The highest BCUT2D eigenvalue weighted by Crippen LogP contribution is 2.33. The normalized spacial score (nSPS) is 10.8. The van der Waals surface area contributed by atoms with Crippen LogP contribution in [0.3, 0.4) is 0 Å². The number of nitrogens with zero attached hydrogens (tertiary/aromatic N) is 8. The van der Waals surface area contributed by atoms with Crippen LogP contribution in [0.15, 0.2) is 86.0 Å². The lowest BCUT2D eigenvalue weighted by molar-refractivity contribution is 0.0687. The highest BCUT2D eigenvalue weighted by atomic mass is 35.5. The van der Waals surface area contributed by atoms with Crippen LogP contribution in [-0.4, -0.2) is 80.1 Å². The van der Waals surface area contributed by atoms with Gasteiger partial charge in [-0.2, -0.15) is 0 Å². The molecule has 256 valence electrons. The van der Waals surface area contributed by atoms with E-state index < -0.39 is 23.8 Å². The monoisotopic (exact) mass is 728 g/mol. The van der Waals surface area contributed by atoms with Crippen LogP contribution in [0.5, 0.6) is 5.75 Å². The number of anilines is 2. The molecule has 0 aliphatic carbocycles. The van der Waals surface area contributed by atoms with Crippen molar-refractivity contribution in [1.82, 2.24) is 39.5 Å². The van der Waals surface area contributed by atoms with Crippen molar-refractivity contribution in [3.8, 4) is 17.4 Å². The maximum absolute atomic E-state index is 13.0. The summed E-state index contributed by atoms with van der Waals surface area (Å²) in [6.07, 6.45) is 9.53. The molecular formula is C32H22Cl2N10O7. The molecule has 2 amide bonds. The van der Waals surface area contributed by atoms with E-state index in [1.165, 1.54) is 49.1 Å². The zero-order valence-corrected chi connectivity index (χ0v) is 27.3. The minimum Gasteiger partial charge on any atom is -0.492 e. The summed E-state index contributed by atoms with van der Waals surface area (Å²) >= 11 is 12.7. The molecule has 0 radical (unpaired) electrons. The lowest BCUT2D eigenvalue weighted by Crippen LogP contribution is -2.18. The van der Waals surface area contributed by atoms with E-state index in [-0.39, 0.29) is 62.7 Å². The maximum atomic E-state index is 13.0. The van der Waals surface area contributed by atoms with Gasteiger partial charge in [-0.15, -0.1) is 20.4 Å². The number of hydrogen-bond donors (Lipinski definition) is 4. The fourth-order valence-electron chi connectivity index (χ4n) is 4.64. The Bertz CT molecular complexity index is 2090. The third kappa shape index (κ3) is 7.79. The molecule has 2 aromatic carbocycles. The number of rotatable bonds is 12. The van der Waals surface area contributed by atoms with Gasteiger partial charge in [0.05, 0.1) is 34.1 Å². The molecule has 0 aliphatic heterocycles. The second kappa shape index (κ2) is 14.8. The van der Waals surface area contributed by atoms with Crippen LogP contribution in [0.25, 0.3) is 11.6 Å². The number of aromatic carboxylic acids is 2. The lowest BCUT2D eigenvalue weighted by atomic mass is 10.1. The molecule has 0 fully saturated rings. The van der Waals surface area contributed by atoms with Crippen molar-refractivity contribution in [2.75, 3.05) is 17.2 Å². The SMILES string of the molecule is O=C(Nc1cc(CCOc2cc(NC(=O)c3ccc(-n4ccnc4)nn3)c(C(=O)O)cc2Cl)c(Cl)cc1C(=O)O)c1ccc(-n2ccnc2)nn1. The molecular weight excluding hydrogens is 707 g/mol. The van der Waals surface area contributed by atoms with Crippen LogP contribution in [0, 0.1) is 0 Å². The van der Waals surface area contributed by atoms with Gasteiger partial charge in [0.2, 0.25) is 0 Å². The first-order chi connectivity index (χ1) is 24.6. The van der Waals surface area contributed by atoms with Gasteiger partial charge in [0.25, 0.3) is 11.8 Å². The number of amides is 2. The van der Waals surface area contributed by atoms with Crippen molar-refractivity contribution in [2.24, 2.45) is 0 Å². The van der Waals surface area contributed by atoms with Crippen molar-refractivity contribution < 1.29 is 34.1 Å². The average Bonchev–Trinajstić information content (AvgIpc) is 3.86. The molecule has 17 nitrogen and oxygen atoms in total. The van der Waals surface area contributed by atoms with E-state index in [1.807, 2.05) is 0 Å². The molecule has 0 saturated carbocycles. The smallest absolute Gasteiger partial charge is 0.337 e. The quantitative estimate of drug-likeness (QED) is 0.136. The third-order valence-corrected chi connectivity index (χ3v) is 7.80. The summed E-state index contributed by atoms with van der Waals surface area (Å²) in [6, 6.07) is 10.9. The molecule has 0 saturated heterocycles. The molecule has 19 heteroatoms. The number of carbonyl (C=O) groups excluding carboxylic acids is 2. The van der Waals surface area contributed by atoms with Crippen LogP contribution < -0.4 is 15.4 Å². The molecule has 0 aliphatic rings. The first-order valence-electron chi connectivity index (χ1n) is 14.6. The molecule has 0 atom stereocenters. The van der Waals surface area contributed by atoms with E-state index in [0.29, 0.717) is 17.2 Å². The lowest BCUT2D eigenvalue weighted by Gasteiger charge is -2.15. The number of ether oxygens (including phenoxy) is 1. The Balaban J connectivity index is 1.16. The third-order valence-electron chi connectivity index (χ3n) is 7.15. The Labute approximate surface area is 296 Å². The predicted molar refractivity (Wildman–Crippen MR) is 180 cm³/mol. The van der Waals surface area contributed by atoms with E-state index in [1.54, 1.807) is 40.0 Å². The van der Waals surface area contributed by atoms with E-state index in [4.69, 9.17) is 27.9 Å². The summed E-state index contributed by atoms with van der Waals surface area (Å²) in [5.41, 5.74) is -0.510. The first-order valence-corrected chi connectivity index (χ1v) is 15.3. The van der Waals surface area contributed by atoms with Gasteiger partial charge in [0, 0.05) is 42.3 Å². The largest absolute Gasteiger partial charge is 0.492 e. The second-order valence-corrected chi connectivity index (χ2v) is 11.2. The summed E-state index contributed by atoms with van der Waals surface area (Å²) in [5, 5.41) is 40.4. The number of hydrogen-bond acceptors (Lipinski definition) is 11. The number of halogens is 2. The summed E-state index contributed by atoms with van der Waals surface area (Å²) < 4.78 is 9.00. The molecule has 4 aromatic heterocycles. The molecule has 6 aromatic rings. The summed E-state index contributed by atoms with van der Waals surface area (Å²) in [5.74, 6) is -3.29. The fourth-order valence-corrected chi connectivity index (χ4v) is 5.11. The predicted octanol–water partition coefficient (Wildman–Crippen LogP) is 4.47. The van der Waals surface area contributed by atoms with Gasteiger partial charge in [-0.3, -0.25) is 18.7 Å². The Hall–Kier alpha value is -6.72. The zero-order chi connectivity index (χ0) is 36.1. The molecule has 0 unspecified atom stereocenters. The van der Waals surface area contributed by atoms with Crippen LogP contribution >= 0.6 is 23.2 Å². The highest BCUT2D eigenvalue weighted by molar-refractivity contribution is 6.33. The van der Waals surface area contributed by atoms with Gasteiger partial charge in [-0.1, -0.05) is 23.2 Å². The van der Waals surface area contributed by atoms with E-state index in [2.05, 4.69) is 41.0 Å². The van der Waals surface area contributed by atoms with E-state index in [9.17, 15) is 29.4 Å². The maximum Gasteiger partial charge on any atom is 0.337 e. The number of nitrogens with one attached hydrogen (secondary N) is 2. The summed E-state index contributed by atoms with van der Waals surface area (Å²) in [7, 11) is 0. The zero-order valence-electron chi connectivity index (χ0n) is 25.8. The standard InChI is InChI=1S/C32H22Cl2N10O7/c33-20-12-18(31(47)48)24(37-29(45)22-1-3-27(41-39-22)43-8-6-35-15-43)11-17(20)5-10-51-26-14-25(19(32(49)50)13-21(26)34)38-30(46)23-2-4-28(42-40-23)44-9-7-36-16-44/h1-4,6-9,11-16H,5,10H2,(H,37,45)(H,38,46)(H,47,48)(H,49,50). The van der Waals surface area contributed by atoms with Gasteiger partial charge in [0.1, 0.15) is 18.4 Å². The minimum atomic E-state index is -1.36. The number of imidazole rings is 2. The Morgan fingerprint density at radius 1 is 0.686 bits per heavy atom. The van der Waals surface area contributed by atoms with Crippen molar-refractivity contribution in [3.05, 3.63) is 124 Å². The van der Waals surface area contributed by atoms with Crippen molar-refractivity contribution in [1.29, 1.82) is 0 Å². The van der Waals surface area contributed by atoms with Crippen LogP contribution in [-0.2, 0) is 6.42 Å². The Morgan fingerprint density at radius 2 is 1.20 bits per heavy atom. The summed E-state index contributed by atoms with van der Waals surface area (Å²) in [6.45, 7) is -0.0819. The molecule has 6 rings (SSSR count). The minimum absolute atomic E-state index is 0.0306. The average molecular weight is 729 g/mol. The topological polar surface area (TPSA) is 229 Å². The highest BCUT2D eigenvalue weighted by Gasteiger charge is 2.21. The van der Waals surface area contributed by atoms with Crippen LogP contribution in [0.4, 0.5) is 11.4 Å². The number of carboxylic acid groups (broad SMARTS) is 2. The Morgan fingerprint density at radius 3 is 1.65 bits per heavy atom. The fraction of sp³-hybridized carbons (Fsp3) is 0.0625. The van der Waals surface area contributed by atoms with Crippen molar-refractivity contribution in [2.45, 2.75) is 6.42 Å². The number of carbonyl (C=O) groups is 4. The number of carboxylic acids is 2. The second-order valence-electron chi connectivity index (χ2n) is 10.4. The van der Waals surface area contributed by atoms with Crippen LogP contribution in [0.2, 0.25) is 10.0 Å². The van der Waals surface area contributed by atoms with Gasteiger partial charge < -0.3 is 25.6 Å². The molecule has 51 heavy (non-hydrogen) atoms. The van der Waals surface area contributed by atoms with Gasteiger partial charge in [-0.05, 0) is 48.0 Å².